The average Bonchev–Trinajstić information content (AvgIpc) is 2.48. The Morgan fingerprint density at radius 3 is 2.77 bits per heavy atom. The third kappa shape index (κ3) is 3.75. The SMILES string of the molecule is CC(=O)Nc1ccc(Cl)c(C(=O)N2CCOC(C(=O)O)C2)c1. The van der Waals surface area contributed by atoms with Crippen molar-refractivity contribution in [1.29, 1.82) is 0 Å². The first-order chi connectivity index (χ1) is 10.4. The number of nitrogens with one attached hydrogen (secondary N) is 1. The van der Waals surface area contributed by atoms with Crippen LogP contribution in [0, 0.1) is 0 Å². The highest BCUT2D eigenvalue weighted by Gasteiger charge is 2.30. The van der Waals surface area contributed by atoms with E-state index in [4.69, 9.17) is 21.4 Å². The molecule has 1 aromatic rings. The van der Waals surface area contributed by atoms with Crippen LogP contribution >= 0.6 is 11.6 Å². The van der Waals surface area contributed by atoms with Crippen molar-refractivity contribution in [2.75, 3.05) is 25.0 Å². The van der Waals surface area contributed by atoms with Crippen LogP contribution in [0.3, 0.4) is 0 Å². The summed E-state index contributed by atoms with van der Waals surface area (Å²) in [6, 6.07) is 4.56. The molecule has 2 rings (SSSR count). The fourth-order valence-corrected chi connectivity index (χ4v) is 2.32. The summed E-state index contributed by atoms with van der Waals surface area (Å²) in [5.41, 5.74) is 0.655. The number of aliphatic carboxylic acids is 1. The number of carboxylic acids is 1. The molecule has 0 radical (unpaired) electrons. The molecule has 1 heterocycles. The third-order valence-corrected chi connectivity index (χ3v) is 3.48. The van der Waals surface area contributed by atoms with Crippen molar-refractivity contribution in [3.63, 3.8) is 0 Å². The number of anilines is 1. The molecular weight excluding hydrogens is 312 g/mol. The zero-order valence-electron chi connectivity index (χ0n) is 11.8. The molecule has 0 aliphatic carbocycles. The second-order valence-corrected chi connectivity index (χ2v) is 5.23. The molecule has 1 aliphatic rings. The van der Waals surface area contributed by atoms with Crippen molar-refractivity contribution in [2.45, 2.75) is 13.0 Å². The molecule has 22 heavy (non-hydrogen) atoms. The molecule has 0 aromatic heterocycles. The number of benzene rings is 1. The monoisotopic (exact) mass is 326 g/mol. The van der Waals surface area contributed by atoms with E-state index < -0.39 is 18.0 Å². The Balaban J connectivity index is 2.21. The van der Waals surface area contributed by atoms with Gasteiger partial charge in [0.2, 0.25) is 5.91 Å². The van der Waals surface area contributed by atoms with Gasteiger partial charge in [0.1, 0.15) is 0 Å². The number of hydrogen-bond acceptors (Lipinski definition) is 4. The molecule has 0 saturated carbocycles. The number of ether oxygens (including phenoxy) is 1. The van der Waals surface area contributed by atoms with E-state index in [1.54, 1.807) is 6.07 Å². The minimum absolute atomic E-state index is 0.0468. The van der Waals surface area contributed by atoms with Gasteiger partial charge in [-0.05, 0) is 18.2 Å². The highest BCUT2D eigenvalue weighted by Crippen LogP contribution is 2.23. The van der Waals surface area contributed by atoms with Crippen LogP contribution in [0.4, 0.5) is 5.69 Å². The zero-order chi connectivity index (χ0) is 16.3. The molecule has 0 spiro atoms. The molecule has 7 nitrogen and oxygen atoms in total. The summed E-state index contributed by atoms with van der Waals surface area (Å²) in [4.78, 5) is 35.9. The lowest BCUT2D eigenvalue weighted by atomic mass is 10.1. The molecule has 1 aliphatic heterocycles. The Morgan fingerprint density at radius 1 is 1.41 bits per heavy atom. The van der Waals surface area contributed by atoms with Gasteiger partial charge in [-0.3, -0.25) is 9.59 Å². The normalized spacial score (nSPS) is 17.9. The van der Waals surface area contributed by atoms with Gasteiger partial charge in [0.05, 0.1) is 23.7 Å². The summed E-state index contributed by atoms with van der Waals surface area (Å²) in [6.45, 7) is 1.74. The van der Waals surface area contributed by atoms with E-state index >= 15 is 0 Å². The highest BCUT2D eigenvalue weighted by molar-refractivity contribution is 6.34. The number of rotatable bonds is 3. The average molecular weight is 327 g/mol. The lowest BCUT2D eigenvalue weighted by Crippen LogP contribution is -2.48. The zero-order valence-corrected chi connectivity index (χ0v) is 12.6. The van der Waals surface area contributed by atoms with Crippen molar-refractivity contribution in [3.05, 3.63) is 28.8 Å². The second-order valence-electron chi connectivity index (χ2n) is 4.82. The van der Waals surface area contributed by atoms with Crippen LogP contribution in [-0.2, 0) is 14.3 Å². The summed E-state index contributed by atoms with van der Waals surface area (Å²) < 4.78 is 5.08. The molecule has 1 unspecified atom stereocenters. The van der Waals surface area contributed by atoms with Crippen LogP contribution in [0.5, 0.6) is 0 Å². The van der Waals surface area contributed by atoms with E-state index in [1.165, 1.54) is 24.0 Å². The Hall–Kier alpha value is -2.12. The molecule has 2 amide bonds. The molecule has 118 valence electrons. The molecule has 0 bridgehead atoms. The van der Waals surface area contributed by atoms with Crippen molar-refractivity contribution in [2.24, 2.45) is 0 Å². The fraction of sp³-hybridized carbons (Fsp3) is 0.357. The number of carboxylic acid groups (broad SMARTS) is 1. The number of halogens is 1. The van der Waals surface area contributed by atoms with Crippen LogP contribution in [-0.4, -0.2) is 53.6 Å². The minimum Gasteiger partial charge on any atom is -0.479 e. The van der Waals surface area contributed by atoms with E-state index in [0.717, 1.165) is 0 Å². The lowest BCUT2D eigenvalue weighted by molar-refractivity contribution is -0.154. The van der Waals surface area contributed by atoms with Gasteiger partial charge in [-0.15, -0.1) is 0 Å². The van der Waals surface area contributed by atoms with Crippen LogP contribution in [0.1, 0.15) is 17.3 Å². The molecule has 1 atom stereocenters. The number of nitrogens with zero attached hydrogens (tertiary/aromatic N) is 1. The quantitative estimate of drug-likeness (QED) is 0.870. The van der Waals surface area contributed by atoms with Gasteiger partial charge >= 0.3 is 5.97 Å². The largest absolute Gasteiger partial charge is 0.479 e. The fourth-order valence-electron chi connectivity index (χ4n) is 2.12. The van der Waals surface area contributed by atoms with E-state index in [2.05, 4.69) is 5.32 Å². The predicted octanol–water partition coefficient (Wildman–Crippen LogP) is 1.22. The number of hydrogen-bond donors (Lipinski definition) is 2. The highest BCUT2D eigenvalue weighted by atomic mass is 35.5. The van der Waals surface area contributed by atoms with Crippen LogP contribution < -0.4 is 5.32 Å². The molecule has 2 N–H and O–H groups in total. The maximum Gasteiger partial charge on any atom is 0.334 e. The lowest BCUT2D eigenvalue weighted by Gasteiger charge is -2.31. The van der Waals surface area contributed by atoms with Gasteiger partial charge in [0, 0.05) is 19.2 Å². The number of morpholine rings is 1. The summed E-state index contributed by atoms with van der Waals surface area (Å²) in [5.74, 6) is -1.78. The predicted molar refractivity (Wildman–Crippen MR) is 79.0 cm³/mol. The Bertz CT molecular complexity index is 619. The maximum absolute atomic E-state index is 12.5. The molecular formula is C14H15ClN2O5. The van der Waals surface area contributed by atoms with Gasteiger partial charge in [-0.1, -0.05) is 11.6 Å². The van der Waals surface area contributed by atoms with Crippen molar-refractivity contribution in [1.82, 2.24) is 4.90 Å². The van der Waals surface area contributed by atoms with E-state index in [1.807, 2.05) is 0 Å². The first-order valence-electron chi connectivity index (χ1n) is 6.59. The van der Waals surface area contributed by atoms with Crippen molar-refractivity contribution < 1.29 is 24.2 Å². The Kier molecular flexibility index (Phi) is 4.99. The second kappa shape index (κ2) is 6.76. The minimum atomic E-state index is -1.12. The summed E-state index contributed by atoms with van der Waals surface area (Å²) >= 11 is 6.04. The number of carbonyl (C=O) groups excluding carboxylic acids is 2. The van der Waals surface area contributed by atoms with Crippen LogP contribution in [0.2, 0.25) is 5.02 Å². The van der Waals surface area contributed by atoms with Gasteiger partial charge in [0.25, 0.3) is 5.91 Å². The summed E-state index contributed by atoms with van der Waals surface area (Å²) in [5, 5.41) is 11.8. The number of amides is 2. The van der Waals surface area contributed by atoms with E-state index in [9.17, 15) is 14.4 Å². The first kappa shape index (κ1) is 16.3. The standard InChI is InChI=1S/C14H15ClN2O5/c1-8(18)16-9-2-3-11(15)10(6-9)13(19)17-4-5-22-12(7-17)14(20)21/h2-3,6,12H,4-5,7H2,1H3,(H,16,18)(H,20,21). The summed E-state index contributed by atoms with van der Waals surface area (Å²) in [7, 11) is 0. The Labute approximate surface area is 131 Å². The summed E-state index contributed by atoms with van der Waals surface area (Å²) in [6.07, 6.45) is -1.05. The van der Waals surface area contributed by atoms with E-state index in [0.29, 0.717) is 5.69 Å². The van der Waals surface area contributed by atoms with Gasteiger partial charge in [-0.2, -0.15) is 0 Å². The molecule has 1 fully saturated rings. The van der Waals surface area contributed by atoms with Gasteiger partial charge in [0.15, 0.2) is 6.10 Å². The maximum atomic E-state index is 12.5. The molecule has 8 heteroatoms. The van der Waals surface area contributed by atoms with Gasteiger partial charge in [-0.25, -0.2) is 4.79 Å². The topological polar surface area (TPSA) is 95.9 Å². The van der Waals surface area contributed by atoms with Gasteiger partial charge < -0.3 is 20.1 Å². The number of carbonyl (C=O) groups is 3. The van der Waals surface area contributed by atoms with Crippen molar-refractivity contribution in [3.8, 4) is 0 Å². The molecule has 1 aromatic carbocycles. The third-order valence-electron chi connectivity index (χ3n) is 3.15. The van der Waals surface area contributed by atoms with E-state index in [-0.39, 0.29) is 36.2 Å². The first-order valence-corrected chi connectivity index (χ1v) is 6.97. The molecule has 1 saturated heterocycles. The Morgan fingerprint density at radius 2 is 2.14 bits per heavy atom. The van der Waals surface area contributed by atoms with Crippen molar-refractivity contribution >= 4 is 35.1 Å². The van der Waals surface area contributed by atoms with Crippen LogP contribution in [0.25, 0.3) is 0 Å². The van der Waals surface area contributed by atoms with Crippen LogP contribution in [0.15, 0.2) is 18.2 Å². The smallest absolute Gasteiger partial charge is 0.334 e.